The maximum Gasteiger partial charge on any atom is 0.433 e. The Morgan fingerprint density at radius 2 is 1.88 bits per heavy atom. The van der Waals surface area contributed by atoms with Crippen molar-refractivity contribution in [1.82, 2.24) is 14.8 Å². The molecule has 3 aromatic rings. The number of benzene rings is 1. The van der Waals surface area contributed by atoms with Gasteiger partial charge in [0.15, 0.2) is 5.69 Å². The fourth-order valence-corrected chi connectivity index (χ4v) is 3.47. The number of para-hydroxylation sites is 1. The smallest absolute Gasteiger partial charge is 0.364 e. The zero-order valence-electron chi connectivity index (χ0n) is 13.7. The molecule has 0 spiro atoms. The number of pyridine rings is 1. The fraction of sp³-hybridized carbons (Fsp3) is 0.278. The van der Waals surface area contributed by atoms with Crippen molar-refractivity contribution in [3.63, 3.8) is 0 Å². The Labute approximate surface area is 146 Å². The highest BCUT2D eigenvalue weighted by Gasteiger charge is 2.34. The normalized spacial score (nSPS) is 14.4. The molecule has 0 saturated heterocycles. The molecule has 8 heteroatoms. The summed E-state index contributed by atoms with van der Waals surface area (Å²) in [6.45, 7) is 0. The molecule has 0 fully saturated rings. The number of aromatic nitrogens is 3. The molecule has 1 aliphatic carbocycles. The van der Waals surface area contributed by atoms with E-state index < -0.39 is 17.8 Å². The van der Waals surface area contributed by atoms with Crippen molar-refractivity contribution < 1.29 is 18.0 Å². The summed E-state index contributed by atoms with van der Waals surface area (Å²) in [6.07, 6.45) is -1.54. The van der Waals surface area contributed by atoms with Gasteiger partial charge in [-0.05, 0) is 37.8 Å². The molecular formula is C18H15F3N4O. The molecule has 1 aliphatic rings. The van der Waals surface area contributed by atoms with Crippen LogP contribution in [0.4, 0.5) is 13.2 Å². The van der Waals surface area contributed by atoms with Gasteiger partial charge in [-0.3, -0.25) is 4.79 Å². The Balaban J connectivity index is 2.04. The van der Waals surface area contributed by atoms with Crippen LogP contribution in [-0.4, -0.2) is 20.7 Å². The number of amides is 1. The lowest BCUT2D eigenvalue weighted by Gasteiger charge is -2.16. The van der Waals surface area contributed by atoms with Crippen LogP contribution in [0.15, 0.2) is 30.3 Å². The van der Waals surface area contributed by atoms with Crippen LogP contribution in [0.25, 0.3) is 16.6 Å². The number of fused-ring (bicyclic) bond motifs is 2. The van der Waals surface area contributed by atoms with E-state index in [1.807, 2.05) is 0 Å². The molecule has 134 valence electrons. The van der Waals surface area contributed by atoms with Crippen LogP contribution in [0.1, 0.15) is 40.3 Å². The van der Waals surface area contributed by atoms with Crippen LogP contribution in [0.2, 0.25) is 0 Å². The SMILES string of the molecule is NC(=O)c1nn(-c2cc(C(F)(F)F)nc3ccccc23)c2c1CCCC2. The monoisotopic (exact) mass is 360 g/mol. The van der Waals surface area contributed by atoms with E-state index >= 15 is 0 Å². The Bertz CT molecular complexity index is 1020. The van der Waals surface area contributed by atoms with Crippen LogP contribution in [-0.2, 0) is 19.0 Å². The molecule has 0 bridgehead atoms. The number of alkyl halides is 3. The van der Waals surface area contributed by atoms with Crippen molar-refractivity contribution in [3.8, 4) is 5.69 Å². The van der Waals surface area contributed by atoms with Gasteiger partial charge in [-0.1, -0.05) is 18.2 Å². The quantitative estimate of drug-likeness (QED) is 0.761. The number of hydrogen-bond donors (Lipinski definition) is 1. The van der Waals surface area contributed by atoms with E-state index in [-0.39, 0.29) is 16.9 Å². The summed E-state index contributed by atoms with van der Waals surface area (Å²) >= 11 is 0. The maximum absolute atomic E-state index is 13.3. The van der Waals surface area contributed by atoms with Crippen molar-refractivity contribution in [2.75, 3.05) is 0 Å². The highest BCUT2D eigenvalue weighted by Crippen LogP contribution is 2.34. The lowest BCUT2D eigenvalue weighted by molar-refractivity contribution is -0.140. The third kappa shape index (κ3) is 2.61. The molecule has 1 amide bonds. The van der Waals surface area contributed by atoms with Gasteiger partial charge in [-0.15, -0.1) is 0 Å². The molecule has 5 nitrogen and oxygen atoms in total. The van der Waals surface area contributed by atoms with Gasteiger partial charge in [-0.25, -0.2) is 9.67 Å². The van der Waals surface area contributed by atoms with Crippen LogP contribution in [0.3, 0.4) is 0 Å². The molecular weight excluding hydrogens is 345 g/mol. The molecule has 1 aromatic carbocycles. The second-order valence-electron chi connectivity index (χ2n) is 6.30. The molecule has 2 N–H and O–H groups in total. The Hall–Kier alpha value is -2.90. The number of nitrogens with two attached hydrogens (primary N) is 1. The third-order valence-electron chi connectivity index (χ3n) is 4.63. The van der Waals surface area contributed by atoms with E-state index in [9.17, 15) is 18.0 Å². The fourth-order valence-electron chi connectivity index (χ4n) is 3.47. The topological polar surface area (TPSA) is 73.8 Å². The zero-order valence-corrected chi connectivity index (χ0v) is 13.7. The van der Waals surface area contributed by atoms with E-state index in [2.05, 4.69) is 10.1 Å². The predicted molar refractivity (Wildman–Crippen MR) is 89.0 cm³/mol. The largest absolute Gasteiger partial charge is 0.433 e. The summed E-state index contributed by atoms with van der Waals surface area (Å²) < 4.78 is 41.4. The van der Waals surface area contributed by atoms with Crippen LogP contribution < -0.4 is 5.73 Å². The number of halogens is 3. The minimum Gasteiger partial charge on any atom is -0.364 e. The molecule has 26 heavy (non-hydrogen) atoms. The number of primary amides is 1. The van der Waals surface area contributed by atoms with Crippen LogP contribution in [0.5, 0.6) is 0 Å². The second kappa shape index (κ2) is 5.82. The first-order valence-corrected chi connectivity index (χ1v) is 8.24. The van der Waals surface area contributed by atoms with Gasteiger partial charge in [0, 0.05) is 16.6 Å². The number of carbonyl (C=O) groups is 1. The summed E-state index contributed by atoms with van der Waals surface area (Å²) in [7, 11) is 0. The van der Waals surface area contributed by atoms with Crippen molar-refractivity contribution in [2.45, 2.75) is 31.9 Å². The number of rotatable bonds is 2. The van der Waals surface area contributed by atoms with Gasteiger partial charge in [0.1, 0.15) is 5.69 Å². The minimum absolute atomic E-state index is 0.133. The van der Waals surface area contributed by atoms with Crippen LogP contribution in [0, 0.1) is 0 Å². The predicted octanol–water partition coefficient (Wildman–Crippen LogP) is 3.42. The van der Waals surface area contributed by atoms with Gasteiger partial charge in [0.25, 0.3) is 5.91 Å². The standard InChI is InChI=1S/C18H15F3N4O/c19-18(20,21)15-9-14(10-5-1-3-7-12(10)23-15)25-13-8-4-2-6-11(13)16(24-25)17(22)26/h1,3,5,7,9H,2,4,6,8H2,(H2,22,26). The van der Waals surface area contributed by atoms with E-state index in [0.29, 0.717) is 18.2 Å². The van der Waals surface area contributed by atoms with E-state index in [1.165, 1.54) is 10.7 Å². The zero-order chi connectivity index (χ0) is 18.5. The van der Waals surface area contributed by atoms with Crippen molar-refractivity contribution >= 4 is 16.8 Å². The first kappa shape index (κ1) is 16.6. The number of hydrogen-bond acceptors (Lipinski definition) is 3. The first-order valence-electron chi connectivity index (χ1n) is 8.24. The Morgan fingerprint density at radius 3 is 2.62 bits per heavy atom. The van der Waals surface area contributed by atoms with Gasteiger partial charge in [-0.2, -0.15) is 18.3 Å². The highest BCUT2D eigenvalue weighted by atomic mass is 19.4. The minimum atomic E-state index is -4.58. The second-order valence-corrected chi connectivity index (χ2v) is 6.30. The molecule has 2 heterocycles. The summed E-state index contributed by atoms with van der Waals surface area (Å²) in [5, 5.41) is 4.82. The number of carbonyl (C=O) groups excluding carboxylic acids is 1. The molecule has 0 radical (unpaired) electrons. The number of nitrogens with zero attached hydrogens (tertiary/aromatic N) is 3. The van der Waals surface area contributed by atoms with Crippen LogP contribution >= 0.6 is 0 Å². The van der Waals surface area contributed by atoms with Crippen molar-refractivity contribution in [1.29, 1.82) is 0 Å². The summed E-state index contributed by atoms with van der Waals surface area (Å²) in [4.78, 5) is 15.5. The van der Waals surface area contributed by atoms with Gasteiger partial charge in [0.05, 0.1) is 11.2 Å². The van der Waals surface area contributed by atoms with Crippen molar-refractivity contribution in [3.05, 3.63) is 53.0 Å². The molecule has 0 saturated carbocycles. The van der Waals surface area contributed by atoms with Gasteiger partial charge in [0.2, 0.25) is 0 Å². The van der Waals surface area contributed by atoms with E-state index in [4.69, 9.17) is 5.73 Å². The lowest BCUT2D eigenvalue weighted by Crippen LogP contribution is -2.15. The molecule has 0 aliphatic heterocycles. The maximum atomic E-state index is 13.3. The van der Waals surface area contributed by atoms with Crippen molar-refractivity contribution in [2.24, 2.45) is 5.73 Å². The highest BCUT2D eigenvalue weighted by molar-refractivity contribution is 5.93. The van der Waals surface area contributed by atoms with Gasteiger partial charge >= 0.3 is 6.18 Å². The lowest BCUT2D eigenvalue weighted by atomic mass is 9.95. The summed E-state index contributed by atoms with van der Waals surface area (Å²) in [6, 6.07) is 7.56. The summed E-state index contributed by atoms with van der Waals surface area (Å²) in [5.41, 5.74) is 6.53. The van der Waals surface area contributed by atoms with E-state index in [0.717, 1.165) is 30.2 Å². The third-order valence-corrected chi connectivity index (χ3v) is 4.63. The Kier molecular flexibility index (Phi) is 3.71. The first-order chi connectivity index (χ1) is 12.4. The van der Waals surface area contributed by atoms with E-state index in [1.54, 1.807) is 18.2 Å². The average molecular weight is 360 g/mol. The van der Waals surface area contributed by atoms with Gasteiger partial charge < -0.3 is 5.73 Å². The average Bonchev–Trinajstić information content (AvgIpc) is 3.00. The molecule has 4 rings (SSSR count). The molecule has 0 unspecified atom stereocenters. The molecule has 0 atom stereocenters. The molecule has 2 aromatic heterocycles. The summed E-state index contributed by atoms with van der Waals surface area (Å²) in [5.74, 6) is -0.670. The Morgan fingerprint density at radius 1 is 1.15 bits per heavy atom.